The highest BCUT2D eigenvalue weighted by atomic mass is 35.5. The van der Waals surface area contributed by atoms with Crippen molar-refractivity contribution >= 4 is 22.4 Å². The highest BCUT2D eigenvalue weighted by Gasteiger charge is 2.27. The lowest BCUT2D eigenvalue weighted by molar-refractivity contribution is 0.257. The number of aryl methyl sites for hydroxylation is 2. The summed E-state index contributed by atoms with van der Waals surface area (Å²) in [6.07, 6.45) is 1.88. The Balaban J connectivity index is 1.73. The van der Waals surface area contributed by atoms with E-state index in [9.17, 15) is 0 Å². The zero-order chi connectivity index (χ0) is 29.5. The van der Waals surface area contributed by atoms with E-state index in [0.29, 0.717) is 58.7 Å². The first-order chi connectivity index (χ1) is 20.4. The molecule has 0 amide bonds. The molecule has 0 unspecified atom stereocenters. The van der Waals surface area contributed by atoms with E-state index in [0.717, 1.165) is 29.2 Å². The summed E-state index contributed by atoms with van der Waals surface area (Å²) >= 11 is 6.56. The molecule has 4 nitrogen and oxygen atoms in total. The van der Waals surface area contributed by atoms with E-state index in [1.807, 2.05) is 72.8 Å². The minimum absolute atomic E-state index is 0.295. The molecule has 0 aliphatic heterocycles. The van der Waals surface area contributed by atoms with Crippen LogP contribution in [0.2, 0.25) is 5.02 Å². The van der Waals surface area contributed by atoms with Crippen LogP contribution in [0.1, 0.15) is 44.4 Å². The maximum Gasteiger partial charge on any atom is 0.216 e. The molecule has 0 atom stereocenters. The summed E-state index contributed by atoms with van der Waals surface area (Å²) in [6.45, 7) is 9.34. The third-order valence-corrected chi connectivity index (χ3v) is 7.21. The summed E-state index contributed by atoms with van der Waals surface area (Å²) < 4.78 is 26.4. The molecule has 42 heavy (non-hydrogen) atoms. The molecule has 5 rings (SSSR count). The van der Waals surface area contributed by atoms with Gasteiger partial charge in [0.1, 0.15) is 18.1 Å². The average molecular weight is 581 g/mol. The van der Waals surface area contributed by atoms with Crippen LogP contribution in [0.3, 0.4) is 0 Å². The van der Waals surface area contributed by atoms with E-state index in [-0.39, 0.29) is 0 Å². The van der Waals surface area contributed by atoms with Crippen LogP contribution in [0.5, 0.6) is 34.5 Å². The van der Waals surface area contributed by atoms with E-state index < -0.39 is 0 Å². The van der Waals surface area contributed by atoms with Crippen LogP contribution in [-0.2, 0) is 19.4 Å². The molecule has 0 aromatic heterocycles. The van der Waals surface area contributed by atoms with Gasteiger partial charge in [0.2, 0.25) is 11.5 Å². The number of benzene rings is 5. The van der Waals surface area contributed by atoms with Crippen molar-refractivity contribution in [1.29, 1.82) is 0 Å². The second-order valence-corrected chi connectivity index (χ2v) is 11.1. The monoisotopic (exact) mass is 580 g/mol. The fraction of sp³-hybridized carbons (Fsp3) is 0.243. The Labute approximate surface area is 253 Å². The first kappa shape index (κ1) is 29.3. The van der Waals surface area contributed by atoms with Gasteiger partial charge < -0.3 is 18.9 Å². The number of rotatable bonds is 12. The van der Waals surface area contributed by atoms with Crippen LogP contribution in [0.15, 0.2) is 97.1 Å². The van der Waals surface area contributed by atoms with Crippen LogP contribution >= 0.6 is 11.6 Å². The van der Waals surface area contributed by atoms with Gasteiger partial charge in [0.05, 0.1) is 6.61 Å². The molecule has 5 aromatic carbocycles. The maximum atomic E-state index is 6.67. The Kier molecular flexibility index (Phi) is 9.55. The van der Waals surface area contributed by atoms with Gasteiger partial charge in [-0.2, -0.15) is 0 Å². The molecule has 0 fully saturated rings. The molecule has 216 valence electrons. The van der Waals surface area contributed by atoms with Crippen molar-refractivity contribution in [1.82, 2.24) is 0 Å². The minimum Gasteiger partial charge on any atom is -0.489 e. The highest BCUT2D eigenvalue weighted by molar-refractivity contribution is 6.31. The molecular formula is C37H37ClO4. The van der Waals surface area contributed by atoms with Gasteiger partial charge in [0.25, 0.3) is 0 Å². The topological polar surface area (TPSA) is 36.9 Å². The van der Waals surface area contributed by atoms with Gasteiger partial charge in [-0.3, -0.25) is 0 Å². The SMILES string of the molecule is CCc1ccc(Oc2c(Oc3ccc(CC)cc3)c(OCC(C)C)c3ccc(Cl)cc3c2OCc2ccccc2)cc1. The highest BCUT2D eigenvalue weighted by Crippen LogP contribution is 2.54. The third kappa shape index (κ3) is 7.00. The molecule has 0 radical (unpaired) electrons. The minimum atomic E-state index is 0.295. The molecule has 5 aromatic rings. The number of hydrogen-bond acceptors (Lipinski definition) is 4. The first-order valence-corrected chi connectivity index (χ1v) is 14.9. The van der Waals surface area contributed by atoms with Gasteiger partial charge in [-0.1, -0.05) is 93.9 Å². The summed E-state index contributed by atoms with van der Waals surface area (Å²) in [5.74, 6) is 3.65. The molecule has 5 heteroatoms. The van der Waals surface area contributed by atoms with Crippen LogP contribution in [0.4, 0.5) is 0 Å². The molecule has 0 N–H and O–H groups in total. The lowest BCUT2D eigenvalue weighted by Gasteiger charge is -2.23. The second kappa shape index (κ2) is 13.7. The second-order valence-electron chi connectivity index (χ2n) is 10.7. The van der Waals surface area contributed by atoms with E-state index >= 15 is 0 Å². The zero-order valence-electron chi connectivity index (χ0n) is 24.7. The molecule has 0 saturated heterocycles. The van der Waals surface area contributed by atoms with Crippen LogP contribution in [0.25, 0.3) is 10.8 Å². The van der Waals surface area contributed by atoms with Crippen molar-refractivity contribution in [2.24, 2.45) is 5.92 Å². The zero-order valence-corrected chi connectivity index (χ0v) is 25.4. The summed E-state index contributed by atoms with van der Waals surface area (Å²) in [6, 6.07) is 31.9. The van der Waals surface area contributed by atoms with Crippen molar-refractivity contribution in [3.63, 3.8) is 0 Å². The van der Waals surface area contributed by atoms with Crippen molar-refractivity contribution < 1.29 is 18.9 Å². The van der Waals surface area contributed by atoms with Gasteiger partial charge in [0.15, 0.2) is 11.5 Å². The van der Waals surface area contributed by atoms with Crippen LogP contribution in [-0.4, -0.2) is 6.61 Å². The lowest BCUT2D eigenvalue weighted by Crippen LogP contribution is -2.08. The third-order valence-electron chi connectivity index (χ3n) is 6.98. The van der Waals surface area contributed by atoms with Crippen LogP contribution in [0, 0.1) is 5.92 Å². The van der Waals surface area contributed by atoms with Gasteiger partial charge in [-0.15, -0.1) is 0 Å². The predicted molar refractivity (Wildman–Crippen MR) is 172 cm³/mol. The quantitative estimate of drug-likeness (QED) is 0.147. The molecule has 0 bridgehead atoms. The smallest absolute Gasteiger partial charge is 0.216 e. The molecular weight excluding hydrogens is 544 g/mol. The van der Waals surface area contributed by atoms with E-state index in [4.69, 9.17) is 30.5 Å². The van der Waals surface area contributed by atoms with Crippen molar-refractivity contribution in [3.8, 4) is 34.5 Å². The normalized spacial score (nSPS) is 11.1. The summed E-state index contributed by atoms with van der Waals surface area (Å²) in [5, 5.41) is 2.20. The Morgan fingerprint density at radius 2 is 1.12 bits per heavy atom. The number of ether oxygens (including phenoxy) is 4. The number of fused-ring (bicyclic) bond motifs is 1. The van der Waals surface area contributed by atoms with Crippen LogP contribution < -0.4 is 18.9 Å². The molecule has 0 heterocycles. The summed E-state index contributed by atoms with van der Waals surface area (Å²) in [5.41, 5.74) is 3.48. The average Bonchev–Trinajstić information content (AvgIpc) is 3.01. The Bertz CT molecular complexity index is 1610. The Morgan fingerprint density at radius 3 is 1.64 bits per heavy atom. The molecule has 0 saturated carbocycles. The van der Waals surface area contributed by atoms with Gasteiger partial charge in [-0.05, 0) is 77.9 Å². The maximum absolute atomic E-state index is 6.67. The summed E-state index contributed by atoms with van der Waals surface area (Å²) in [7, 11) is 0. The lowest BCUT2D eigenvalue weighted by atomic mass is 10.1. The van der Waals surface area contributed by atoms with Crippen molar-refractivity contribution in [2.45, 2.75) is 47.1 Å². The first-order valence-electron chi connectivity index (χ1n) is 14.6. The van der Waals surface area contributed by atoms with Gasteiger partial charge in [-0.25, -0.2) is 0 Å². The fourth-order valence-electron chi connectivity index (χ4n) is 4.63. The van der Waals surface area contributed by atoms with E-state index in [1.54, 1.807) is 0 Å². The Hall–Kier alpha value is -4.15. The van der Waals surface area contributed by atoms with Gasteiger partial charge >= 0.3 is 0 Å². The molecule has 0 aliphatic carbocycles. The molecule has 0 spiro atoms. The van der Waals surface area contributed by atoms with E-state index in [2.05, 4.69) is 52.0 Å². The predicted octanol–water partition coefficient (Wildman–Crippen LogP) is 10.8. The number of hydrogen-bond donors (Lipinski definition) is 0. The van der Waals surface area contributed by atoms with E-state index in [1.165, 1.54) is 11.1 Å². The largest absolute Gasteiger partial charge is 0.489 e. The number of halogens is 1. The fourth-order valence-corrected chi connectivity index (χ4v) is 4.80. The van der Waals surface area contributed by atoms with Crippen molar-refractivity contribution in [3.05, 3.63) is 119 Å². The Morgan fingerprint density at radius 1 is 0.571 bits per heavy atom. The van der Waals surface area contributed by atoms with Gasteiger partial charge in [0, 0.05) is 15.8 Å². The molecule has 0 aliphatic rings. The summed E-state index contributed by atoms with van der Waals surface area (Å²) in [4.78, 5) is 0. The standard InChI is InChI=1S/C37H37ClO4/c1-5-26-12-17-30(18-13-26)41-36-34(39-23-25(3)4)32-21-16-29(38)22-33(32)35(40-24-28-10-8-7-9-11-28)37(36)42-31-19-14-27(6-2)15-20-31/h7-22,25H,5-6,23-24H2,1-4H3. The van der Waals surface area contributed by atoms with Crippen molar-refractivity contribution in [2.75, 3.05) is 6.61 Å².